The minimum absolute atomic E-state index is 0.236. The number of nitrogens with zero attached hydrogens (tertiary/aromatic N) is 1. The molecule has 0 amide bonds. The predicted octanol–water partition coefficient (Wildman–Crippen LogP) is 5.10. The van der Waals surface area contributed by atoms with E-state index in [1.807, 2.05) is 6.20 Å². The highest BCUT2D eigenvalue weighted by molar-refractivity contribution is 5.71. The Kier molecular flexibility index (Phi) is 3.61. The van der Waals surface area contributed by atoms with E-state index in [1.54, 1.807) is 11.1 Å². The van der Waals surface area contributed by atoms with Gasteiger partial charge in [0.25, 0.3) is 0 Å². The molecule has 0 unspecified atom stereocenters. The number of aromatic nitrogens is 1. The highest BCUT2D eigenvalue weighted by Crippen LogP contribution is 2.38. The van der Waals surface area contributed by atoms with Gasteiger partial charge in [0.15, 0.2) is 0 Å². The molecule has 1 aromatic carbocycles. The molecule has 0 N–H and O–H groups in total. The van der Waals surface area contributed by atoms with E-state index in [9.17, 15) is 0 Å². The summed E-state index contributed by atoms with van der Waals surface area (Å²) < 4.78 is 0. The Balaban J connectivity index is 2.15. The summed E-state index contributed by atoms with van der Waals surface area (Å²) >= 11 is 0. The Morgan fingerprint density at radius 3 is 2.52 bits per heavy atom. The van der Waals surface area contributed by atoms with Crippen LogP contribution in [0, 0.1) is 0 Å². The Morgan fingerprint density at radius 2 is 1.81 bits per heavy atom. The van der Waals surface area contributed by atoms with Crippen molar-refractivity contribution in [2.45, 2.75) is 58.8 Å². The molecule has 2 aromatic rings. The van der Waals surface area contributed by atoms with Crippen LogP contribution in [0.2, 0.25) is 0 Å². The van der Waals surface area contributed by atoms with Gasteiger partial charge in [0.2, 0.25) is 0 Å². The molecule has 0 fully saturated rings. The molecule has 0 radical (unpaired) electrons. The predicted molar refractivity (Wildman–Crippen MR) is 89.8 cm³/mol. The van der Waals surface area contributed by atoms with Crippen molar-refractivity contribution in [2.24, 2.45) is 0 Å². The van der Waals surface area contributed by atoms with E-state index in [2.05, 4.69) is 56.9 Å². The maximum Gasteiger partial charge on any atom is 0.0407 e. The van der Waals surface area contributed by atoms with Crippen molar-refractivity contribution in [1.82, 2.24) is 4.98 Å². The molecule has 1 heterocycles. The topological polar surface area (TPSA) is 12.9 Å². The van der Waals surface area contributed by atoms with Crippen molar-refractivity contribution in [3.05, 3.63) is 52.8 Å². The number of benzene rings is 1. The number of hydrogen-bond acceptors (Lipinski definition) is 1. The Bertz CT molecular complexity index is 662. The van der Waals surface area contributed by atoms with Crippen LogP contribution in [0.1, 0.15) is 56.5 Å². The molecule has 1 aliphatic rings. The molecular formula is C20H25N. The second-order valence-corrected chi connectivity index (χ2v) is 7.11. The third-order valence-electron chi connectivity index (χ3n) is 4.58. The average Bonchev–Trinajstić information content (AvgIpc) is 2.94. The largest absolute Gasteiger partial charge is 0.261 e. The number of fused-ring (bicyclic) bond motifs is 1. The molecule has 0 saturated heterocycles. The zero-order valence-corrected chi connectivity index (χ0v) is 13.7. The molecule has 1 aromatic heterocycles. The van der Waals surface area contributed by atoms with Crippen LogP contribution in [-0.2, 0) is 24.7 Å². The van der Waals surface area contributed by atoms with Crippen LogP contribution in [0.5, 0.6) is 0 Å². The number of aryl methyl sites for hydroxylation is 1. The van der Waals surface area contributed by atoms with E-state index in [4.69, 9.17) is 0 Å². The van der Waals surface area contributed by atoms with Crippen LogP contribution in [0.25, 0.3) is 11.1 Å². The maximum absolute atomic E-state index is 4.43. The fraction of sp³-hybridized carbons (Fsp3) is 0.450. The second-order valence-electron chi connectivity index (χ2n) is 7.11. The monoisotopic (exact) mass is 279 g/mol. The zero-order chi connectivity index (χ0) is 15.0. The molecule has 0 spiro atoms. The zero-order valence-electron chi connectivity index (χ0n) is 13.7. The van der Waals surface area contributed by atoms with Gasteiger partial charge in [0.05, 0.1) is 0 Å². The average molecular weight is 279 g/mol. The summed E-state index contributed by atoms with van der Waals surface area (Å²) in [7, 11) is 0. The van der Waals surface area contributed by atoms with Gasteiger partial charge in [0.1, 0.15) is 0 Å². The summed E-state index contributed by atoms with van der Waals surface area (Å²) in [5, 5.41) is 0. The molecule has 3 rings (SSSR count). The Hall–Kier alpha value is -1.63. The fourth-order valence-electron chi connectivity index (χ4n) is 3.52. The van der Waals surface area contributed by atoms with Crippen LogP contribution in [-0.4, -0.2) is 4.98 Å². The smallest absolute Gasteiger partial charge is 0.0407 e. The SMILES string of the molecule is CCc1cc(-c2ccc(C(C)(C)C)c3c2CCC3)ccn1. The summed E-state index contributed by atoms with van der Waals surface area (Å²) in [5.41, 5.74) is 8.89. The summed E-state index contributed by atoms with van der Waals surface area (Å²) in [6.45, 7) is 9.13. The quantitative estimate of drug-likeness (QED) is 0.745. The summed E-state index contributed by atoms with van der Waals surface area (Å²) in [6.07, 6.45) is 6.70. The van der Waals surface area contributed by atoms with Crippen LogP contribution in [0.4, 0.5) is 0 Å². The first-order valence-corrected chi connectivity index (χ1v) is 8.11. The molecule has 1 nitrogen and oxygen atoms in total. The number of rotatable bonds is 2. The van der Waals surface area contributed by atoms with Crippen molar-refractivity contribution < 1.29 is 0 Å². The highest BCUT2D eigenvalue weighted by Gasteiger charge is 2.25. The van der Waals surface area contributed by atoms with Gasteiger partial charge in [-0.25, -0.2) is 0 Å². The first-order chi connectivity index (χ1) is 10.0. The van der Waals surface area contributed by atoms with Crippen LogP contribution >= 0.6 is 0 Å². The molecule has 0 saturated carbocycles. The highest BCUT2D eigenvalue weighted by atomic mass is 14.7. The van der Waals surface area contributed by atoms with Crippen molar-refractivity contribution in [3.63, 3.8) is 0 Å². The van der Waals surface area contributed by atoms with Gasteiger partial charge < -0.3 is 0 Å². The first kappa shape index (κ1) is 14.3. The standard InChI is InChI=1S/C20H25N/c1-5-15-13-14(11-12-21-15)16-9-10-19(20(2,3)4)18-8-6-7-17(16)18/h9-13H,5-8H2,1-4H3. The lowest BCUT2D eigenvalue weighted by Gasteiger charge is -2.24. The van der Waals surface area contributed by atoms with E-state index in [-0.39, 0.29) is 5.41 Å². The molecule has 21 heavy (non-hydrogen) atoms. The lowest BCUT2D eigenvalue weighted by atomic mass is 9.81. The van der Waals surface area contributed by atoms with E-state index in [0.29, 0.717) is 0 Å². The summed E-state index contributed by atoms with van der Waals surface area (Å²) in [6, 6.07) is 9.10. The van der Waals surface area contributed by atoms with Crippen LogP contribution in [0.15, 0.2) is 30.5 Å². The number of pyridine rings is 1. The van der Waals surface area contributed by atoms with E-state index >= 15 is 0 Å². The van der Waals surface area contributed by atoms with E-state index < -0.39 is 0 Å². The minimum Gasteiger partial charge on any atom is -0.261 e. The molecule has 1 aliphatic carbocycles. The van der Waals surface area contributed by atoms with Gasteiger partial charge in [-0.3, -0.25) is 4.98 Å². The fourth-order valence-corrected chi connectivity index (χ4v) is 3.52. The lowest BCUT2D eigenvalue weighted by Crippen LogP contribution is -2.14. The summed E-state index contributed by atoms with van der Waals surface area (Å²) in [4.78, 5) is 4.43. The normalized spacial score (nSPS) is 14.3. The van der Waals surface area contributed by atoms with Gasteiger partial charge in [-0.2, -0.15) is 0 Å². The van der Waals surface area contributed by atoms with Crippen molar-refractivity contribution in [1.29, 1.82) is 0 Å². The Morgan fingerprint density at radius 1 is 1.05 bits per heavy atom. The van der Waals surface area contributed by atoms with Gasteiger partial charge in [-0.05, 0) is 71.0 Å². The Labute approximate surface area is 128 Å². The van der Waals surface area contributed by atoms with E-state index in [1.165, 1.54) is 41.6 Å². The van der Waals surface area contributed by atoms with Gasteiger partial charge in [0, 0.05) is 11.9 Å². The van der Waals surface area contributed by atoms with E-state index in [0.717, 1.165) is 6.42 Å². The molecule has 1 heteroatoms. The molecule has 0 atom stereocenters. The van der Waals surface area contributed by atoms with Crippen molar-refractivity contribution >= 4 is 0 Å². The molecule has 0 bridgehead atoms. The van der Waals surface area contributed by atoms with Gasteiger partial charge in [-0.1, -0.05) is 39.8 Å². The third kappa shape index (κ3) is 2.62. The minimum atomic E-state index is 0.236. The number of hydrogen-bond donors (Lipinski definition) is 0. The van der Waals surface area contributed by atoms with Gasteiger partial charge in [-0.15, -0.1) is 0 Å². The van der Waals surface area contributed by atoms with Crippen LogP contribution in [0.3, 0.4) is 0 Å². The maximum atomic E-state index is 4.43. The van der Waals surface area contributed by atoms with Crippen molar-refractivity contribution in [2.75, 3.05) is 0 Å². The summed E-state index contributed by atoms with van der Waals surface area (Å²) in [5.74, 6) is 0. The van der Waals surface area contributed by atoms with Crippen molar-refractivity contribution in [3.8, 4) is 11.1 Å². The molecule has 110 valence electrons. The molecule has 0 aliphatic heterocycles. The third-order valence-corrected chi connectivity index (χ3v) is 4.58. The van der Waals surface area contributed by atoms with Gasteiger partial charge >= 0.3 is 0 Å². The second kappa shape index (κ2) is 5.29. The molecular weight excluding hydrogens is 254 g/mol. The lowest BCUT2D eigenvalue weighted by molar-refractivity contribution is 0.583. The first-order valence-electron chi connectivity index (χ1n) is 8.11. The van der Waals surface area contributed by atoms with Crippen LogP contribution < -0.4 is 0 Å².